The van der Waals surface area contributed by atoms with Crippen molar-refractivity contribution in [1.29, 1.82) is 0 Å². The second kappa shape index (κ2) is 7.65. The van der Waals surface area contributed by atoms with Crippen LogP contribution in [0.25, 0.3) is 5.52 Å². The summed E-state index contributed by atoms with van der Waals surface area (Å²) in [5, 5.41) is 16.2. The number of fused-ring (bicyclic) bond motifs is 1. The highest BCUT2D eigenvalue weighted by atomic mass is 16.5. The van der Waals surface area contributed by atoms with Crippen LogP contribution in [0.3, 0.4) is 0 Å². The molecule has 3 heterocycles. The first-order valence-corrected chi connectivity index (χ1v) is 8.59. The Bertz CT molecular complexity index is 1020. The molecule has 9 heteroatoms. The molecular weight excluding hydrogens is 362 g/mol. The molecule has 9 nitrogen and oxygen atoms in total. The van der Waals surface area contributed by atoms with Crippen LogP contribution in [0.15, 0.2) is 42.7 Å². The van der Waals surface area contributed by atoms with Gasteiger partial charge in [-0.3, -0.25) is 14.6 Å². The van der Waals surface area contributed by atoms with E-state index >= 15 is 0 Å². The largest absolute Gasteiger partial charge is 0.487 e. The second-order valence-corrected chi connectivity index (χ2v) is 6.57. The third-order valence-corrected chi connectivity index (χ3v) is 4.37. The van der Waals surface area contributed by atoms with Gasteiger partial charge in [0.2, 0.25) is 5.91 Å². The maximum Gasteiger partial charge on any atom is 0.256 e. The van der Waals surface area contributed by atoms with Crippen LogP contribution in [0.2, 0.25) is 0 Å². The van der Waals surface area contributed by atoms with Gasteiger partial charge in [0.15, 0.2) is 0 Å². The Kier molecular flexibility index (Phi) is 5.27. The molecule has 0 saturated heterocycles. The molecule has 3 aromatic rings. The number of pyridine rings is 2. The number of aliphatic hydroxyl groups excluding tert-OH is 1. The number of ether oxygens (including phenoxy) is 1. The molecule has 1 unspecified atom stereocenters. The van der Waals surface area contributed by atoms with E-state index in [0.717, 1.165) is 5.69 Å². The first-order chi connectivity index (χ1) is 13.3. The van der Waals surface area contributed by atoms with Gasteiger partial charge < -0.3 is 20.9 Å². The third kappa shape index (κ3) is 3.79. The average Bonchev–Trinajstić information content (AvgIpc) is 3.02. The quantitative estimate of drug-likeness (QED) is 0.547. The lowest BCUT2D eigenvalue weighted by Gasteiger charge is -2.24. The number of carbonyl (C=O) groups is 2. The maximum atomic E-state index is 12.8. The van der Waals surface area contributed by atoms with E-state index in [1.807, 2.05) is 18.2 Å². The highest BCUT2D eigenvalue weighted by molar-refractivity contribution is 6.04. The number of rotatable bonds is 7. The summed E-state index contributed by atoms with van der Waals surface area (Å²) >= 11 is 0. The van der Waals surface area contributed by atoms with Crippen LogP contribution < -0.4 is 15.8 Å². The number of hydrogen-bond acceptors (Lipinski definition) is 6. The number of aromatic nitrogens is 3. The summed E-state index contributed by atoms with van der Waals surface area (Å²) in [5.41, 5.74) is 5.71. The molecule has 146 valence electrons. The molecule has 28 heavy (non-hydrogen) atoms. The zero-order valence-corrected chi connectivity index (χ0v) is 15.5. The molecule has 1 atom stereocenters. The fourth-order valence-electron chi connectivity index (χ4n) is 2.65. The van der Waals surface area contributed by atoms with Gasteiger partial charge in [0, 0.05) is 18.5 Å². The van der Waals surface area contributed by atoms with Crippen molar-refractivity contribution < 1.29 is 19.4 Å². The monoisotopic (exact) mass is 383 g/mol. The Labute approximate surface area is 161 Å². The van der Waals surface area contributed by atoms with Crippen molar-refractivity contribution >= 4 is 17.3 Å². The van der Waals surface area contributed by atoms with Crippen molar-refractivity contribution in [2.24, 2.45) is 5.73 Å². The number of amides is 2. The Morgan fingerprint density at radius 3 is 2.79 bits per heavy atom. The Balaban J connectivity index is 1.89. The van der Waals surface area contributed by atoms with Crippen molar-refractivity contribution in [3.63, 3.8) is 0 Å². The van der Waals surface area contributed by atoms with Crippen LogP contribution in [0, 0.1) is 6.92 Å². The molecule has 3 rings (SSSR count). The van der Waals surface area contributed by atoms with Crippen LogP contribution in [-0.2, 0) is 11.4 Å². The third-order valence-electron chi connectivity index (χ3n) is 4.37. The van der Waals surface area contributed by atoms with Crippen molar-refractivity contribution in [3.05, 3.63) is 59.7 Å². The molecule has 0 aliphatic rings. The number of nitrogens with two attached hydrogens (primary N) is 1. The van der Waals surface area contributed by atoms with Crippen molar-refractivity contribution in [1.82, 2.24) is 19.9 Å². The van der Waals surface area contributed by atoms with Gasteiger partial charge in [-0.25, -0.2) is 4.52 Å². The van der Waals surface area contributed by atoms with E-state index in [0.29, 0.717) is 17.0 Å². The van der Waals surface area contributed by atoms with Crippen LogP contribution in [0.4, 0.5) is 0 Å². The molecule has 0 aliphatic carbocycles. The number of hydrogen-bond donors (Lipinski definition) is 3. The van der Waals surface area contributed by atoms with E-state index < -0.39 is 24.0 Å². The molecule has 4 N–H and O–H groups in total. The highest BCUT2D eigenvalue weighted by Gasteiger charge is 2.33. The van der Waals surface area contributed by atoms with Gasteiger partial charge in [-0.1, -0.05) is 6.07 Å². The molecular formula is C19H21N5O4. The van der Waals surface area contributed by atoms with Gasteiger partial charge in [0.25, 0.3) is 5.91 Å². The minimum atomic E-state index is -1.58. The minimum absolute atomic E-state index is 0.268. The molecule has 0 aromatic carbocycles. The molecule has 3 aromatic heterocycles. The van der Waals surface area contributed by atoms with Crippen LogP contribution in [0.1, 0.15) is 28.7 Å². The zero-order chi connectivity index (χ0) is 20.3. The first-order valence-electron chi connectivity index (χ1n) is 8.59. The van der Waals surface area contributed by atoms with Gasteiger partial charge in [0.05, 0.1) is 29.1 Å². The van der Waals surface area contributed by atoms with E-state index in [4.69, 9.17) is 10.5 Å². The normalized spacial score (nSPS) is 13.1. The smallest absolute Gasteiger partial charge is 0.256 e. The molecule has 2 amide bonds. The minimum Gasteiger partial charge on any atom is -0.487 e. The topological polar surface area (TPSA) is 132 Å². The molecule has 0 saturated carbocycles. The predicted octanol–water partition coefficient (Wildman–Crippen LogP) is 0.583. The molecule has 0 radical (unpaired) electrons. The van der Waals surface area contributed by atoms with Crippen LogP contribution in [-0.4, -0.2) is 43.7 Å². The van der Waals surface area contributed by atoms with E-state index in [2.05, 4.69) is 15.4 Å². The van der Waals surface area contributed by atoms with Gasteiger partial charge in [-0.2, -0.15) is 5.10 Å². The molecule has 0 fully saturated rings. The lowest BCUT2D eigenvalue weighted by molar-refractivity contribution is -0.124. The Morgan fingerprint density at radius 1 is 1.36 bits per heavy atom. The van der Waals surface area contributed by atoms with Crippen LogP contribution >= 0.6 is 0 Å². The Hall–Kier alpha value is -3.46. The van der Waals surface area contributed by atoms with Gasteiger partial charge in [-0.05, 0) is 32.0 Å². The van der Waals surface area contributed by atoms with Crippen LogP contribution in [0.5, 0.6) is 5.75 Å². The predicted molar refractivity (Wildman–Crippen MR) is 101 cm³/mol. The second-order valence-electron chi connectivity index (χ2n) is 6.57. The standard InChI is InChI=1S/C19H21N5O4/c1-12-16(17(26)22-19(2,11-25)18(20)27)15-9-14(6-8-24(15)23-12)28-10-13-5-3-4-7-21-13/h3-9,25H,10-11H2,1-2H3,(H2,20,27)(H,22,26). The SMILES string of the molecule is Cc1nn2ccc(OCc3ccccn3)cc2c1C(=O)NC(C)(CO)C(N)=O. The van der Waals surface area contributed by atoms with E-state index in [1.165, 1.54) is 6.92 Å². The summed E-state index contributed by atoms with van der Waals surface area (Å²) in [7, 11) is 0. The number of nitrogens with zero attached hydrogens (tertiary/aromatic N) is 3. The first kappa shape index (κ1) is 19.3. The van der Waals surface area contributed by atoms with E-state index in [-0.39, 0.29) is 12.2 Å². The number of carbonyl (C=O) groups excluding carboxylic acids is 2. The molecule has 0 aliphatic heterocycles. The summed E-state index contributed by atoms with van der Waals surface area (Å²) in [4.78, 5) is 28.6. The number of nitrogens with one attached hydrogen (secondary N) is 1. The fourth-order valence-corrected chi connectivity index (χ4v) is 2.65. The summed E-state index contributed by atoms with van der Waals surface area (Å²) in [6.45, 7) is 2.69. The van der Waals surface area contributed by atoms with Crippen molar-refractivity contribution in [3.8, 4) is 5.75 Å². The summed E-state index contributed by atoms with van der Waals surface area (Å²) in [6.07, 6.45) is 3.35. The molecule has 0 spiro atoms. The average molecular weight is 383 g/mol. The highest BCUT2D eigenvalue weighted by Crippen LogP contribution is 2.22. The summed E-state index contributed by atoms with van der Waals surface area (Å²) in [6, 6.07) is 8.94. The number of primary amides is 1. The lowest BCUT2D eigenvalue weighted by atomic mass is 10.0. The van der Waals surface area contributed by atoms with Crippen molar-refractivity contribution in [2.75, 3.05) is 6.61 Å². The Morgan fingerprint density at radius 2 is 2.14 bits per heavy atom. The molecule has 0 bridgehead atoms. The maximum absolute atomic E-state index is 12.8. The van der Waals surface area contributed by atoms with Gasteiger partial charge in [-0.15, -0.1) is 0 Å². The van der Waals surface area contributed by atoms with Crippen molar-refractivity contribution in [2.45, 2.75) is 26.0 Å². The van der Waals surface area contributed by atoms with E-state index in [9.17, 15) is 14.7 Å². The number of aryl methyl sites for hydroxylation is 1. The summed E-state index contributed by atoms with van der Waals surface area (Å²) in [5.74, 6) is -0.867. The fraction of sp³-hybridized carbons (Fsp3) is 0.263. The van der Waals surface area contributed by atoms with E-state index in [1.54, 1.807) is 36.0 Å². The lowest BCUT2D eigenvalue weighted by Crippen LogP contribution is -2.57. The summed E-state index contributed by atoms with van der Waals surface area (Å²) < 4.78 is 7.30. The van der Waals surface area contributed by atoms with Gasteiger partial charge in [0.1, 0.15) is 17.9 Å². The van der Waals surface area contributed by atoms with Gasteiger partial charge >= 0.3 is 0 Å². The zero-order valence-electron chi connectivity index (χ0n) is 15.5. The number of aliphatic hydroxyl groups is 1.